The first kappa shape index (κ1) is 10.7. The third kappa shape index (κ3) is 5.00. The molecule has 0 rings (SSSR count). The van der Waals surface area contributed by atoms with E-state index in [1.54, 1.807) is 0 Å². The highest BCUT2D eigenvalue weighted by atomic mass is 33.1. The Labute approximate surface area is 69.1 Å². The second-order valence-electron chi connectivity index (χ2n) is 1.42. The fourth-order valence-corrected chi connectivity index (χ4v) is 2.15. The van der Waals surface area contributed by atoms with Gasteiger partial charge < -0.3 is 0 Å². The van der Waals surface area contributed by atoms with Crippen molar-refractivity contribution in [3.05, 3.63) is 12.7 Å². The third-order valence-electron chi connectivity index (χ3n) is 0.613. The zero-order valence-electron chi connectivity index (χ0n) is 5.94. The van der Waals surface area contributed by atoms with Crippen molar-refractivity contribution >= 4 is 25.1 Å². The Morgan fingerprint density at radius 3 is 2.64 bits per heavy atom. The van der Waals surface area contributed by atoms with Crippen molar-refractivity contribution in [3.8, 4) is 0 Å². The van der Waals surface area contributed by atoms with Crippen LogP contribution in [0.2, 0.25) is 0 Å². The maximum atomic E-state index is 10.7. The number of carbonyl (C=O) groups excluding carboxylic acids is 1. The van der Waals surface area contributed by atoms with Gasteiger partial charge in [0.15, 0.2) is 0 Å². The van der Waals surface area contributed by atoms with E-state index in [1.165, 1.54) is 6.92 Å². The molecule has 64 valence electrons. The molecule has 0 unspecified atom stereocenters. The standard InChI is InChI=1S/C5H8O4S2/c1-3-5(6)10-11(7,8)9-4-2/h3H,1,4H2,2H3. The van der Waals surface area contributed by atoms with Gasteiger partial charge in [0.25, 0.3) is 0 Å². The van der Waals surface area contributed by atoms with E-state index in [1.807, 2.05) is 0 Å². The first-order valence-corrected chi connectivity index (χ1v) is 5.51. The van der Waals surface area contributed by atoms with Crippen LogP contribution in [0.3, 0.4) is 0 Å². The maximum Gasteiger partial charge on any atom is 0.329 e. The van der Waals surface area contributed by atoms with Gasteiger partial charge in [-0.25, -0.2) is 0 Å². The number of rotatable bonds is 4. The summed E-state index contributed by atoms with van der Waals surface area (Å²) >= 11 is 0. The Balaban J connectivity index is 4.13. The minimum Gasteiger partial charge on any atom is -0.281 e. The first-order valence-electron chi connectivity index (χ1n) is 2.77. The summed E-state index contributed by atoms with van der Waals surface area (Å²) in [5.74, 6) is 0. The molecular weight excluding hydrogens is 188 g/mol. The van der Waals surface area contributed by atoms with E-state index >= 15 is 0 Å². The highest BCUT2D eigenvalue weighted by Gasteiger charge is 2.14. The summed E-state index contributed by atoms with van der Waals surface area (Å²) in [6.07, 6.45) is 0.918. The molecule has 0 radical (unpaired) electrons. The Morgan fingerprint density at radius 1 is 1.73 bits per heavy atom. The normalized spacial score (nSPS) is 11.0. The fraction of sp³-hybridized carbons (Fsp3) is 0.400. The van der Waals surface area contributed by atoms with Gasteiger partial charge >= 0.3 is 9.15 Å². The van der Waals surface area contributed by atoms with E-state index in [0.29, 0.717) is 0 Å². The molecule has 6 heteroatoms. The quantitative estimate of drug-likeness (QED) is 0.489. The van der Waals surface area contributed by atoms with Crippen molar-refractivity contribution < 1.29 is 17.4 Å². The average Bonchev–Trinajstić information content (AvgIpc) is 1.86. The van der Waals surface area contributed by atoms with Gasteiger partial charge in [-0.3, -0.25) is 8.98 Å². The van der Waals surface area contributed by atoms with E-state index < -0.39 is 14.3 Å². The Hall–Kier alpha value is -0.330. The van der Waals surface area contributed by atoms with E-state index in [2.05, 4.69) is 10.8 Å². The van der Waals surface area contributed by atoms with Crippen molar-refractivity contribution in [1.29, 1.82) is 0 Å². The van der Waals surface area contributed by atoms with Gasteiger partial charge in [-0.05, 0) is 13.0 Å². The highest BCUT2D eigenvalue weighted by Crippen LogP contribution is 2.15. The maximum absolute atomic E-state index is 10.7. The summed E-state index contributed by atoms with van der Waals surface area (Å²) in [7, 11) is -3.63. The van der Waals surface area contributed by atoms with Gasteiger partial charge in [0.1, 0.15) is 0 Å². The molecule has 0 bridgehead atoms. The lowest BCUT2D eigenvalue weighted by atomic mass is 10.7. The number of hydrogen-bond donors (Lipinski definition) is 0. The molecule has 0 aromatic heterocycles. The van der Waals surface area contributed by atoms with Crippen LogP contribution in [0.5, 0.6) is 0 Å². The molecule has 0 fully saturated rings. The van der Waals surface area contributed by atoms with Crippen molar-refractivity contribution in [1.82, 2.24) is 0 Å². The van der Waals surface area contributed by atoms with Crippen molar-refractivity contribution in [3.63, 3.8) is 0 Å². The number of hydrogen-bond acceptors (Lipinski definition) is 5. The molecule has 0 saturated carbocycles. The predicted octanol–water partition coefficient (Wildman–Crippen LogP) is 0.714. The summed E-state index contributed by atoms with van der Waals surface area (Å²) in [6.45, 7) is 4.67. The summed E-state index contributed by atoms with van der Waals surface area (Å²) < 4.78 is 25.6. The molecule has 0 aliphatic carbocycles. The zero-order chi connectivity index (χ0) is 8.91. The lowest BCUT2D eigenvalue weighted by molar-refractivity contribution is -0.106. The molecule has 0 spiro atoms. The second-order valence-corrected chi connectivity index (χ2v) is 4.77. The molecular formula is C5H8O4S2. The van der Waals surface area contributed by atoms with Crippen molar-refractivity contribution in [2.75, 3.05) is 6.61 Å². The van der Waals surface area contributed by atoms with Crippen LogP contribution >= 0.6 is 10.8 Å². The molecule has 0 N–H and O–H groups in total. The average molecular weight is 196 g/mol. The predicted molar refractivity (Wildman–Crippen MR) is 43.3 cm³/mol. The lowest BCUT2D eigenvalue weighted by Crippen LogP contribution is -2.02. The molecule has 0 atom stereocenters. The summed E-state index contributed by atoms with van der Waals surface area (Å²) in [5.41, 5.74) is 0. The molecule has 0 aromatic carbocycles. The van der Waals surface area contributed by atoms with E-state index in [-0.39, 0.29) is 17.4 Å². The van der Waals surface area contributed by atoms with E-state index in [4.69, 9.17) is 0 Å². The minimum absolute atomic E-state index is 0.0275. The van der Waals surface area contributed by atoms with Gasteiger partial charge in [0, 0.05) is 0 Å². The van der Waals surface area contributed by atoms with Crippen LogP contribution in [0.4, 0.5) is 0 Å². The Bertz CT molecular complexity index is 241. The summed E-state index contributed by atoms with van der Waals surface area (Å²) in [6, 6.07) is 0. The van der Waals surface area contributed by atoms with Crippen LogP contribution in [-0.4, -0.2) is 20.1 Å². The molecule has 0 aliphatic rings. The minimum atomic E-state index is -3.75. The number of carbonyl (C=O) groups is 1. The van der Waals surface area contributed by atoms with Crippen LogP contribution in [0.1, 0.15) is 6.92 Å². The van der Waals surface area contributed by atoms with Crippen molar-refractivity contribution in [2.45, 2.75) is 6.92 Å². The lowest BCUT2D eigenvalue weighted by Gasteiger charge is -1.97. The van der Waals surface area contributed by atoms with Crippen LogP contribution in [0, 0.1) is 0 Å². The largest absolute Gasteiger partial charge is 0.329 e. The monoisotopic (exact) mass is 196 g/mol. The van der Waals surface area contributed by atoms with Gasteiger partial charge in [0.05, 0.1) is 17.4 Å². The first-order chi connectivity index (χ1) is 5.02. The molecule has 4 nitrogen and oxygen atoms in total. The summed E-state index contributed by atoms with van der Waals surface area (Å²) in [5, 5.41) is -0.640. The van der Waals surface area contributed by atoms with E-state index in [0.717, 1.165) is 6.08 Å². The van der Waals surface area contributed by atoms with E-state index in [9.17, 15) is 13.2 Å². The van der Waals surface area contributed by atoms with Crippen molar-refractivity contribution in [2.24, 2.45) is 0 Å². The highest BCUT2D eigenvalue weighted by molar-refractivity contribution is 8.76. The zero-order valence-corrected chi connectivity index (χ0v) is 7.57. The second kappa shape index (κ2) is 4.53. The topological polar surface area (TPSA) is 60.4 Å². The molecule has 0 heterocycles. The Kier molecular flexibility index (Phi) is 4.39. The van der Waals surface area contributed by atoms with Gasteiger partial charge in [0.2, 0.25) is 5.12 Å². The molecule has 11 heavy (non-hydrogen) atoms. The smallest absolute Gasteiger partial charge is 0.281 e. The SMILES string of the molecule is C=CC(=O)SS(=O)(=O)OCC. The van der Waals surface area contributed by atoms with Gasteiger partial charge in [-0.2, -0.15) is 8.42 Å². The molecule has 0 aromatic rings. The summed E-state index contributed by atoms with van der Waals surface area (Å²) in [4.78, 5) is 10.5. The van der Waals surface area contributed by atoms with Gasteiger partial charge in [-0.1, -0.05) is 6.58 Å². The molecule has 0 aliphatic heterocycles. The third-order valence-corrected chi connectivity index (χ3v) is 3.07. The van der Waals surface area contributed by atoms with Crippen LogP contribution in [0.25, 0.3) is 0 Å². The molecule has 0 amide bonds. The molecule has 0 saturated heterocycles. The van der Waals surface area contributed by atoms with Crippen LogP contribution in [0.15, 0.2) is 12.7 Å². The fourth-order valence-electron chi connectivity index (χ4n) is 0.303. The Morgan fingerprint density at radius 2 is 2.27 bits per heavy atom. The van der Waals surface area contributed by atoms with Crippen LogP contribution < -0.4 is 0 Å². The van der Waals surface area contributed by atoms with Crippen LogP contribution in [-0.2, 0) is 18.1 Å². The van der Waals surface area contributed by atoms with Gasteiger partial charge in [-0.15, -0.1) is 0 Å².